The lowest BCUT2D eigenvalue weighted by molar-refractivity contribution is 0.0714. The molecule has 3 rings (SSSR count). The molecule has 1 aromatic heterocycles. The number of aliphatic hydroxyl groups excluding tert-OH is 1. The van der Waals surface area contributed by atoms with Crippen LogP contribution in [0.5, 0.6) is 0 Å². The first kappa shape index (κ1) is 15.1. The number of amides is 1. The molecule has 5 nitrogen and oxygen atoms in total. The van der Waals surface area contributed by atoms with Gasteiger partial charge in [0.15, 0.2) is 0 Å². The molecule has 1 aromatic carbocycles. The minimum absolute atomic E-state index is 0.187. The van der Waals surface area contributed by atoms with Crippen molar-refractivity contribution in [3.05, 3.63) is 41.0 Å². The van der Waals surface area contributed by atoms with Gasteiger partial charge in [0, 0.05) is 5.56 Å². The maximum absolute atomic E-state index is 12.3. The van der Waals surface area contributed by atoms with Crippen LogP contribution in [0.3, 0.4) is 0 Å². The first-order chi connectivity index (χ1) is 10.6. The summed E-state index contributed by atoms with van der Waals surface area (Å²) in [7, 11) is 0. The first-order valence-corrected chi connectivity index (χ1v) is 7.82. The molecule has 116 valence electrons. The standard InChI is InChI=1S/C16H18ClN3O2/c17-11-6-2-1-5-10(11)13-9-14(20-19-13)16(22)18-12-7-3-4-8-15(12)21/h1-2,5-6,9,12,15,21H,3-4,7-8H2,(H,18,22)(H,19,20). The van der Waals surface area contributed by atoms with E-state index in [1.165, 1.54) is 0 Å². The average Bonchev–Trinajstić information content (AvgIpc) is 3.00. The summed E-state index contributed by atoms with van der Waals surface area (Å²) in [6.45, 7) is 0. The van der Waals surface area contributed by atoms with Gasteiger partial charge in [-0.25, -0.2) is 0 Å². The maximum atomic E-state index is 12.3. The Balaban J connectivity index is 1.73. The van der Waals surface area contributed by atoms with Crippen molar-refractivity contribution in [1.29, 1.82) is 0 Å². The fourth-order valence-corrected chi connectivity index (χ4v) is 3.00. The second-order valence-electron chi connectivity index (χ2n) is 5.58. The highest BCUT2D eigenvalue weighted by Crippen LogP contribution is 2.26. The Morgan fingerprint density at radius 2 is 2.09 bits per heavy atom. The van der Waals surface area contributed by atoms with Crippen LogP contribution in [-0.4, -0.2) is 33.4 Å². The smallest absolute Gasteiger partial charge is 0.269 e. The molecule has 1 heterocycles. The molecule has 6 heteroatoms. The fraction of sp³-hybridized carbons (Fsp3) is 0.375. The van der Waals surface area contributed by atoms with Crippen LogP contribution in [0.4, 0.5) is 0 Å². The van der Waals surface area contributed by atoms with E-state index in [9.17, 15) is 9.90 Å². The SMILES string of the molecule is O=C(NC1CCCCC1O)c1cc(-c2ccccc2Cl)n[nH]1. The Labute approximate surface area is 133 Å². The largest absolute Gasteiger partial charge is 0.391 e. The third kappa shape index (κ3) is 3.15. The number of nitrogens with zero attached hydrogens (tertiary/aromatic N) is 1. The Morgan fingerprint density at radius 3 is 2.86 bits per heavy atom. The summed E-state index contributed by atoms with van der Waals surface area (Å²) in [5.74, 6) is -0.253. The molecule has 2 atom stereocenters. The van der Waals surface area contributed by atoms with Crippen molar-refractivity contribution in [2.75, 3.05) is 0 Å². The molecule has 3 N–H and O–H groups in total. The van der Waals surface area contributed by atoms with Crippen LogP contribution in [0.15, 0.2) is 30.3 Å². The van der Waals surface area contributed by atoms with E-state index in [2.05, 4.69) is 15.5 Å². The van der Waals surface area contributed by atoms with Gasteiger partial charge < -0.3 is 10.4 Å². The van der Waals surface area contributed by atoms with Crippen LogP contribution in [0, 0.1) is 0 Å². The van der Waals surface area contributed by atoms with Crippen molar-refractivity contribution >= 4 is 17.5 Å². The molecule has 22 heavy (non-hydrogen) atoms. The van der Waals surface area contributed by atoms with E-state index < -0.39 is 6.10 Å². The van der Waals surface area contributed by atoms with Crippen LogP contribution in [-0.2, 0) is 0 Å². The molecular formula is C16H18ClN3O2. The molecule has 0 bridgehead atoms. The summed E-state index contributed by atoms with van der Waals surface area (Å²) in [6.07, 6.45) is 3.10. The van der Waals surface area contributed by atoms with Crippen molar-refractivity contribution in [2.24, 2.45) is 0 Å². The molecule has 2 unspecified atom stereocenters. The number of halogens is 1. The van der Waals surface area contributed by atoms with E-state index >= 15 is 0 Å². The van der Waals surface area contributed by atoms with Crippen LogP contribution in [0.1, 0.15) is 36.2 Å². The number of hydrogen-bond donors (Lipinski definition) is 3. The average molecular weight is 320 g/mol. The van der Waals surface area contributed by atoms with Crippen molar-refractivity contribution < 1.29 is 9.90 Å². The van der Waals surface area contributed by atoms with E-state index in [4.69, 9.17) is 11.6 Å². The third-order valence-corrected chi connectivity index (χ3v) is 4.35. The summed E-state index contributed by atoms with van der Waals surface area (Å²) in [6, 6.07) is 8.83. The number of rotatable bonds is 3. The molecule has 0 saturated heterocycles. The number of aliphatic hydroxyl groups is 1. The highest BCUT2D eigenvalue weighted by molar-refractivity contribution is 6.33. The van der Waals surface area contributed by atoms with Gasteiger partial charge in [-0.1, -0.05) is 42.6 Å². The molecule has 1 fully saturated rings. The monoisotopic (exact) mass is 319 g/mol. The summed E-state index contributed by atoms with van der Waals surface area (Å²) in [4.78, 5) is 12.3. The zero-order valence-electron chi connectivity index (χ0n) is 12.1. The first-order valence-electron chi connectivity index (χ1n) is 7.44. The zero-order chi connectivity index (χ0) is 15.5. The minimum Gasteiger partial charge on any atom is -0.391 e. The minimum atomic E-state index is -0.469. The number of aromatic amines is 1. The quantitative estimate of drug-likeness (QED) is 0.814. The van der Waals surface area contributed by atoms with Crippen LogP contribution in [0.2, 0.25) is 5.02 Å². The highest BCUT2D eigenvalue weighted by Gasteiger charge is 2.25. The maximum Gasteiger partial charge on any atom is 0.269 e. The lowest BCUT2D eigenvalue weighted by Crippen LogP contribution is -2.45. The van der Waals surface area contributed by atoms with Crippen molar-refractivity contribution in [3.8, 4) is 11.3 Å². The normalized spacial score (nSPS) is 21.5. The Bertz CT molecular complexity index is 671. The van der Waals surface area contributed by atoms with Crippen molar-refractivity contribution in [2.45, 2.75) is 37.8 Å². The predicted octanol–water partition coefficient (Wildman–Crippen LogP) is 2.76. The summed E-state index contributed by atoms with van der Waals surface area (Å²) in [5, 5.41) is 20.3. The molecule has 1 amide bonds. The second kappa shape index (κ2) is 6.50. The van der Waals surface area contributed by atoms with Gasteiger partial charge >= 0.3 is 0 Å². The van der Waals surface area contributed by atoms with Crippen molar-refractivity contribution in [3.63, 3.8) is 0 Å². The summed E-state index contributed by atoms with van der Waals surface area (Å²) < 4.78 is 0. The van der Waals surface area contributed by atoms with Gasteiger partial charge in [0.05, 0.1) is 22.9 Å². The number of nitrogens with one attached hydrogen (secondary N) is 2. The molecule has 2 aromatic rings. The number of carbonyl (C=O) groups excluding carboxylic acids is 1. The lowest BCUT2D eigenvalue weighted by atomic mass is 9.92. The molecule has 0 radical (unpaired) electrons. The molecule has 1 aliphatic carbocycles. The Hall–Kier alpha value is -1.85. The van der Waals surface area contributed by atoms with Gasteiger partial charge in [-0.3, -0.25) is 9.89 Å². The third-order valence-electron chi connectivity index (χ3n) is 4.02. The van der Waals surface area contributed by atoms with Gasteiger partial charge in [0.25, 0.3) is 5.91 Å². The van der Waals surface area contributed by atoms with Gasteiger partial charge in [-0.15, -0.1) is 0 Å². The van der Waals surface area contributed by atoms with Crippen LogP contribution >= 0.6 is 11.6 Å². The fourth-order valence-electron chi connectivity index (χ4n) is 2.77. The number of hydrogen-bond acceptors (Lipinski definition) is 3. The van der Waals surface area contributed by atoms with Gasteiger partial charge in [0.1, 0.15) is 5.69 Å². The topological polar surface area (TPSA) is 78.0 Å². The molecule has 1 aliphatic rings. The molecule has 0 spiro atoms. The highest BCUT2D eigenvalue weighted by atomic mass is 35.5. The van der Waals surface area contributed by atoms with E-state index in [1.807, 2.05) is 18.2 Å². The van der Waals surface area contributed by atoms with Crippen LogP contribution < -0.4 is 5.32 Å². The lowest BCUT2D eigenvalue weighted by Gasteiger charge is -2.28. The second-order valence-corrected chi connectivity index (χ2v) is 5.99. The van der Waals surface area contributed by atoms with Crippen molar-refractivity contribution in [1.82, 2.24) is 15.5 Å². The number of benzene rings is 1. The number of carbonyl (C=O) groups is 1. The van der Waals surface area contributed by atoms with E-state index in [1.54, 1.807) is 12.1 Å². The number of H-pyrrole nitrogens is 1. The zero-order valence-corrected chi connectivity index (χ0v) is 12.8. The number of aromatic nitrogens is 2. The van der Waals surface area contributed by atoms with Gasteiger partial charge in [-0.05, 0) is 25.0 Å². The molecule has 0 aliphatic heterocycles. The van der Waals surface area contributed by atoms with Crippen LogP contribution in [0.25, 0.3) is 11.3 Å². The van der Waals surface area contributed by atoms with Gasteiger partial charge in [-0.2, -0.15) is 5.10 Å². The summed E-state index contributed by atoms with van der Waals surface area (Å²) in [5.41, 5.74) is 1.77. The van der Waals surface area contributed by atoms with E-state index in [0.717, 1.165) is 31.2 Å². The molecular weight excluding hydrogens is 302 g/mol. The predicted molar refractivity (Wildman–Crippen MR) is 84.8 cm³/mol. The Morgan fingerprint density at radius 1 is 1.32 bits per heavy atom. The van der Waals surface area contributed by atoms with E-state index in [-0.39, 0.29) is 11.9 Å². The Kier molecular flexibility index (Phi) is 4.45. The van der Waals surface area contributed by atoms with Gasteiger partial charge in [0.2, 0.25) is 0 Å². The molecule has 1 saturated carbocycles. The van der Waals surface area contributed by atoms with E-state index in [0.29, 0.717) is 16.4 Å². The summed E-state index contributed by atoms with van der Waals surface area (Å²) >= 11 is 6.13.